The molecule has 1 aliphatic rings. The van der Waals surface area contributed by atoms with Gasteiger partial charge in [0, 0.05) is 25.3 Å². The van der Waals surface area contributed by atoms with Gasteiger partial charge in [-0.3, -0.25) is 9.69 Å². The Hall–Kier alpha value is -0.880. The van der Waals surface area contributed by atoms with Crippen molar-refractivity contribution in [3.05, 3.63) is 22.3 Å². The fourth-order valence-electron chi connectivity index (χ4n) is 2.11. The fraction of sp³-hybridized carbons (Fsp3) is 0.500. The van der Waals surface area contributed by atoms with Crippen molar-refractivity contribution in [1.82, 2.24) is 9.88 Å². The van der Waals surface area contributed by atoms with E-state index in [9.17, 15) is 4.79 Å². The largest absolute Gasteiger partial charge is 0.326 e. The van der Waals surface area contributed by atoms with Gasteiger partial charge in [0.15, 0.2) is 5.82 Å². The Kier molecular flexibility index (Phi) is 4.62. The zero-order valence-corrected chi connectivity index (χ0v) is 12.1. The maximum atomic E-state index is 11.9. The van der Waals surface area contributed by atoms with E-state index >= 15 is 0 Å². The number of nitrogens with zero attached hydrogens (tertiary/aromatic N) is 2. The van der Waals surface area contributed by atoms with Crippen LogP contribution in [0.1, 0.15) is 6.92 Å². The van der Waals surface area contributed by atoms with Gasteiger partial charge < -0.3 is 11.1 Å². The van der Waals surface area contributed by atoms with Crippen molar-refractivity contribution in [2.45, 2.75) is 13.0 Å². The number of aromatic nitrogens is 1. The molecule has 0 radical (unpaired) electrons. The van der Waals surface area contributed by atoms with Crippen LogP contribution < -0.4 is 11.1 Å². The lowest BCUT2D eigenvalue weighted by Gasteiger charge is -2.14. The second-order valence-corrected chi connectivity index (χ2v) is 5.71. The first-order valence-electron chi connectivity index (χ1n) is 6.04. The van der Waals surface area contributed by atoms with E-state index in [0.717, 1.165) is 13.1 Å². The van der Waals surface area contributed by atoms with Gasteiger partial charge in [0.05, 0.1) is 16.6 Å². The molecule has 1 aromatic rings. The van der Waals surface area contributed by atoms with Gasteiger partial charge in [0.1, 0.15) is 0 Å². The van der Waals surface area contributed by atoms with Crippen LogP contribution in [0.3, 0.4) is 0 Å². The number of hydrogen-bond acceptors (Lipinski definition) is 4. The first-order chi connectivity index (χ1) is 8.95. The van der Waals surface area contributed by atoms with Crippen molar-refractivity contribution in [3.8, 4) is 0 Å². The second kappa shape index (κ2) is 6.05. The first-order valence-corrected chi connectivity index (χ1v) is 6.80. The molecule has 1 saturated heterocycles. The number of rotatable bonds is 3. The lowest BCUT2D eigenvalue weighted by atomic mass is 10.1. The standard InChI is InChI=1S/C12H16Cl2N4O/c1-7-4-18(5-10(7)15)6-11(19)17-12-9(14)2-8(13)3-16-12/h2-3,7,10H,4-6,15H2,1H3,(H,16,17,19). The van der Waals surface area contributed by atoms with E-state index in [1.807, 2.05) is 4.90 Å². The summed E-state index contributed by atoms with van der Waals surface area (Å²) >= 11 is 11.7. The molecular weight excluding hydrogens is 287 g/mol. The van der Waals surface area contributed by atoms with Crippen LogP contribution in [0.5, 0.6) is 0 Å². The highest BCUT2D eigenvalue weighted by atomic mass is 35.5. The number of hydrogen-bond donors (Lipinski definition) is 2. The molecule has 1 fully saturated rings. The van der Waals surface area contributed by atoms with Crippen molar-refractivity contribution >= 4 is 34.9 Å². The summed E-state index contributed by atoms with van der Waals surface area (Å²) in [6, 6.07) is 1.67. The molecule has 2 unspecified atom stereocenters. The summed E-state index contributed by atoms with van der Waals surface area (Å²) in [5.41, 5.74) is 5.92. The number of amides is 1. The van der Waals surface area contributed by atoms with Crippen LogP contribution in [0.2, 0.25) is 10.0 Å². The van der Waals surface area contributed by atoms with Crippen LogP contribution in [0.4, 0.5) is 5.82 Å². The van der Waals surface area contributed by atoms with Crippen LogP contribution >= 0.6 is 23.2 Å². The third kappa shape index (κ3) is 3.79. The third-order valence-corrected chi connectivity index (χ3v) is 3.67. The lowest BCUT2D eigenvalue weighted by Crippen LogP contribution is -2.34. The molecule has 7 heteroatoms. The van der Waals surface area contributed by atoms with Gasteiger partial charge >= 0.3 is 0 Å². The van der Waals surface area contributed by atoms with Gasteiger partial charge in [-0.15, -0.1) is 0 Å². The summed E-state index contributed by atoms with van der Waals surface area (Å²) in [6.07, 6.45) is 1.44. The summed E-state index contributed by atoms with van der Waals surface area (Å²) in [6.45, 7) is 3.94. The SMILES string of the molecule is CC1CN(CC(=O)Nc2ncc(Cl)cc2Cl)CC1N. The van der Waals surface area contributed by atoms with Crippen LogP contribution in [0, 0.1) is 5.92 Å². The number of anilines is 1. The van der Waals surface area contributed by atoms with Gasteiger partial charge in [-0.2, -0.15) is 0 Å². The van der Waals surface area contributed by atoms with Gasteiger partial charge in [-0.05, 0) is 12.0 Å². The number of nitrogens with one attached hydrogen (secondary N) is 1. The minimum absolute atomic E-state index is 0.130. The number of halogens is 2. The summed E-state index contributed by atoms with van der Waals surface area (Å²) in [4.78, 5) is 17.9. The minimum atomic E-state index is -0.155. The number of carbonyl (C=O) groups excluding carboxylic acids is 1. The molecule has 0 aromatic carbocycles. The topological polar surface area (TPSA) is 71.2 Å². The number of carbonyl (C=O) groups is 1. The molecule has 2 rings (SSSR count). The van der Waals surface area contributed by atoms with E-state index in [1.54, 1.807) is 6.07 Å². The zero-order chi connectivity index (χ0) is 14.0. The fourth-order valence-corrected chi connectivity index (χ4v) is 2.53. The third-order valence-electron chi connectivity index (χ3n) is 3.18. The number of pyridine rings is 1. The van der Waals surface area contributed by atoms with Gasteiger partial charge in [0.25, 0.3) is 0 Å². The average molecular weight is 303 g/mol. The predicted molar refractivity (Wildman–Crippen MR) is 76.5 cm³/mol. The normalized spacial score (nSPS) is 23.6. The molecule has 0 saturated carbocycles. The number of likely N-dealkylation sites (tertiary alicyclic amines) is 1. The smallest absolute Gasteiger partial charge is 0.239 e. The van der Waals surface area contributed by atoms with E-state index in [1.165, 1.54) is 6.20 Å². The molecular formula is C12H16Cl2N4O. The van der Waals surface area contributed by atoms with Crippen molar-refractivity contribution in [2.75, 3.05) is 25.0 Å². The quantitative estimate of drug-likeness (QED) is 0.890. The molecule has 1 aromatic heterocycles. The highest BCUT2D eigenvalue weighted by Crippen LogP contribution is 2.22. The summed E-state index contributed by atoms with van der Waals surface area (Å²) in [7, 11) is 0. The molecule has 2 atom stereocenters. The molecule has 3 N–H and O–H groups in total. The van der Waals surface area contributed by atoms with Crippen molar-refractivity contribution < 1.29 is 4.79 Å². The maximum Gasteiger partial charge on any atom is 0.239 e. The monoisotopic (exact) mass is 302 g/mol. The predicted octanol–water partition coefficient (Wildman–Crippen LogP) is 1.61. The average Bonchev–Trinajstić information content (AvgIpc) is 2.62. The van der Waals surface area contributed by atoms with Crippen LogP contribution in [0.25, 0.3) is 0 Å². The van der Waals surface area contributed by atoms with E-state index in [2.05, 4.69) is 17.2 Å². The van der Waals surface area contributed by atoms with Crippen LogP contribution in [-0.4, -0.2) is 41.5 Å². The molecule has 0 aliphatic carbocycles. The molecule has 2 heterocycles. The summed E-state index contributed by atoms with van der Waals surface area (Å²) in [5.74, 6) is 0.579. The van der Waals surface area contributed by atoms with Crippen LogP contribution in [-0.2, 0) is 4.79 Å². The van der Waals surface area contributed by atoms with Gasteiger partial charge in [0.2, 0.25) is 5.91 Å². The van der Waals surface area contributed by atoms with Crippen molar-refractivity contribution in [3.63, 3.8) is 0 Å². The molecule has 1 aliphatic heterocycles. The van der Waals surface area contributed by atoms with Crippen molar-refractivity contribution in [2.24, 2.45) is 11.7 Å². The maximum absolute atomic E-state index is 11.9. The Morgan fingerprint density at radius 3 is 2.89 bits per heavy atom. The van der Waals surface area contributed by atoms with Crippen molar-refractivity contribution in [1.29, 1.82) is 0 Å². The second-order valence-electron chi connectivity index (χ2n) is 4.87. The highest BCUT2D eigenvalue weighted by Gasteiger charge is 2.27. The Labute approximate surface area is 122 Å². The van der Waals surface area contributed by atoms with Crippen LogP contribution in [0.15, 0.2) is 12.3 Å². The Balaban J connectivity index is 1.91. The van der Waals surface area contributed by atoms with E-state index < -0.39 is 0 Å². The first kappa shape index (κ1) is 14.5. The highest BCUT2D eigenvalue weighted by molar-refractivity contribution is 6.36. The molecule has 0 spiro atoms. The van der Waals surface area contributed by atoms with E-state index in [4.69, 9.17) is 28.9 Å². The lowest BCUT2D eigenvalue weighted by molar-refractivity contribution is -0.117. The molecule has 19 heavy (non-hydrogen) atoms. The Bertz CT molecular complexity index is 473. The molecule has 1 amide bonds. The minimum Gasteiger partial charge on any atom is -0.326 e. The van der Waals surface area contributed by atoms with E-state index in [0.29, 0.717) is 28.3 Å². The van der Waals surface area contributed by atoms with Gasteiger partial charge in [-0.1, -0.05) is 30.1 Å². The van der Waals surface area contributed by atoms with Gasteiger partial charge in [-0.25, -0.2) is 4.98 Å². The van der Waals surface area contributed by atoms with E-state index in [-0.39, 0.29) is 11.9 Å². The zero-order valence-electron chi connectivity index (χ0n) is 10.6. The Morgan fingerprint density at radius 2 is 2.32 bits per heavy atom. The molecule has 104 valence electrons. The molecule has 5 nitrogen and oxygen atoms in total. The Morgan fingerprint density at radius 1 is 1.58 bits per heavy atom. The summed E-state index contributed by atoms with van der Waals surface area (Å²) in [5, 5.41) is 3.43. The summed E-state index contributed by atoms with van der Waals surface area (Å²) < 4.78 is 0. The molecule has 0 bridgehead atoms. The number of nitrogens with two attached hydrogens (primary N) is 1.